The molecule has 1 aliphatic rings. The molecule has 2 aromatic carbocycles. The number of hydrogen-bond acceptors (Lipinski definition) is 5. The molecule has 0 N–H and O–H groups in total. The van der Waals surface area contributed by atoms with E-state index in [1.165, 1.54) is 17.8 Å². The molecule has 28 heavy (non-hydrogen) atoms. The van der Waals surface area contributed by atoms with Crippen molar-refractivity contribution in [1.82, 2.24) is 4.57 Å². The first-order chi connectivity index (χ1) is 13.7. The van der Waals surface area contributed by atoms with Crippen molar-refractivity contribution >= 4 is 23.3 Å². The van der Waals surface area contributed by atoms with Crippen LogP contribution in [0.2, 0.25) is 0 Å². The van der Waals surface area contributed by atoms with Crippen molar-refractivity contribution in [1.29, 1.82) is 0 Å². The number of hydrogen-bond donors (Lipinski definition) is 0. The van der Waals surface area contributed by atoms with Crippen molar-refractivity contribution in [2.45, 2.75) is 0 Å². The third-order valence-electron chi connectivity index (χ3n) is 4.69. The fraction of sp³-hybridized carbons (Fsp3) is 0.190. The number of nitrogens with zero attached hydrogens (tertiary/aromatic N) is 4. The summed E-state index contributed by atoms with van der Waals surface area (Å²) in [7, 11) is 0. The Morgan fingerprint density at radius 2 is 1.64 bits per heavy atom. The maximum Gasteiger partial charge on any atom is 0.269 e. The molecule has 0 radical (unpaired) electrons. The largest absolute Gasteiger partial charge is 0.378 e. The van der Waals surface area contributed by atoms with Crippen LogP contribution in [0.5, 0.6) is 0 Å². The molecular formula is C21H20N4O3. The highest BCUT2D eigenvalue weighted by Gasteiger charge is 2.10. The summed E-state index contributed by atoms with van der Waals surface area (Å²) < 4.78 is 7.33. The van der Waals surface area contributed by atoms with Gasteiger partial charge in [-0.15, -0.1) is 0 Å². The van der Waals surface area contributed by atoms with Crippen LogP contribution in [-0.2, 0) is 4.74 Å². The second-order valence-electron chi connectivity index (χ2n) is 6.45. The number of benzene rings is 2. The maximum atomic E-state index is 10.8. The molecule has 0 amide bonds. The summed E-state index contributed by atoms with van der Waals surface area (Å²) in [5.41, 5.74) is 3.86. The number of aromatic nitrogens is 1. The van der Waals surface area contributed by atoms with E-state index in [4.69, 9.17) is 4.74 Å². The minimum atomic E-state index is -0.400. The van der Waals surface area contributed by atoms with E-state index in [0.29, 0.717) is 0 Å². The summed E-state index contributed by atoms with van der Waals surface area (Å²) in [6.07, 6.45) is 3.70. The van der Waals surface area contributed by atoms with Gasteiger partial charge in [0.2, 0.25) is 0 Å². The Morgan fingerprint density at radius 1 is 0.964 bits per heavy atom. The highest BCUT2D eigenvalue weighted by Crippen LogP contribution is 2.21. The predicted octanol–water partition coefficient (Wildman–Crippen LogP) is 3.97. The summed E-state index contributed by atoms with van der Waals surface area (Å²) in [5.74, 6) is 0. The number of nitro benzene ring substituents is 1. The lowest BCUT2D eigenvalue weighted by Gasteiger charge is -2.28. The Balaban J connectivity index is 1.49. The van der Waals surface area contributed by atoms with Crippen molar-refractivity contribution in [3.05, 3.63) is 82.7 Å². The van der Waals surface area contributed by atoms with Gasteiger partial charge < -0.3 is 14.2 Å². The molecule has 0 aliphatic carbocycles. The zero-order valence-corrected chi connectivity index (χ0v) is 15.3. The van der Waals surface area contributed by atoms with Gasteiger partial charge in [-0.2, -0.15) is 0 Å². The van der Waals surface area contributed by atoms with E-state index in [0.717, 1.165) is 43.4 Å². The van der Waals surface area contributed by atoms with Crippen molar-refractivity contribution in [3.8, 4) is 5.69 Å². The highest BCUT2D eigenvalue weighted by atomic mass is 16.6. The third-order valence-corrected chi connectivity index (χ3v) is 4.69. The van der Waals surface area contributed by atoms with Gasteiger partial charge in [0.05, 0.1) is 35.7 Å². The SMILES string of the molecule is O=[N+]([O-])c1ccc(-n2cccc2C=Nc2ccc(N3CCOCC3)cc2)cc1. The van der Waals surface area contributed by atoms with Crippen LogP contribution in [0.15, 0.2) is 71.9 Å². The Labute approximate surface area is 162 Å². The van der Waals surface area contributed by atoms with Gasteiger partial charge in [-0.3, -0.25) is 15.1 Å². The molecule has 1 saturated heterocycles. The van der Waals surface area contributed by atoms with Gasteiger partial charge in [0.25, 0.3) is 5.69 Å². The van der Waals surface area contributed by atoms with E-state index in [2.05, 4.69) is 22.0 Å². The molecule has 0 atom stereocenters. The Morgan fingerprint density at radius 3 is 2.32 bits per heavy atom. The van der Waals surface area contributed by atoms with Crippen LogP contribution in [-0.4, -0.2) is 42.0 Å². The summed E-state index contributed by atoms with van der Waals surface area (Å²) in [5, 5.41) is 10.8. The van der Waals surface area contributed by atoms with Gasteiger partial charge in [0.15, 0.2) is 0 Å². The predicted molar refractivity (Wildman–Crippen MR) is 109 cm³/mol. The smallest absolute Gasteiger partial charge is 0.269 e. The molecule has 142 valence electrons. The fourth-order valence-electron chi connectivity index (χ4n) is 3.18. The number of aliphatic imine (C=N–C) groups is 1. The van der Waals surface area contributed by atoms with Crippen LogP contribution < -0.4 is 4.90 Å². The lowest BCUT2D eigenvalue weighted by atomic mass is 10.2. The van der Waals surface area contributed by atoms with Crippen molar-refractivity contribution < 1.29 is 9.66 Å². The monoisotopic (exact) mass is 376 g/mol. The lowest BCUT2D eigenvalue weighted by Crippen LogP contribution is -2.36. The first kappa shape index (κ1) is 17.9. The number of anilines is 1. The Bertz CT molecular complexity index is 972. The van der Waals surface area contributed by atoms with Crippen LogP contribution in [0.25, 0.3) is 5.69 Å². The van der Waals surface area contributed by atoms with Gasteiger partial charge in [-0.05, 0) is 48.5 Å². The number of ether oxygens (including phenoxy) is 1. The maximum absolute atomic E-state index is 10.8. The zero-order chi connectivity index (χ0) is 19.3. The van der Waals surface area contributed by atoms with Crippen molar-refractivity contribution in [2.24, 2.45) is 4.99 Å². The second kappa shape index (κ2) is 8.06. The first-order valence-corrected chi connectivity index (χ1v) is 9.10. The first-order valence-electron chi connectivity index (χ1n) is 9.10. The van der Waals surface area contributed by atoms with Crippen molar-refractivity contribution in [2.75, 3.05) is 31.2 Å². The van der Waals surface area contributed by atoms with E-state index in [1.54, 1.807) is 18.3 Å². The topological polar surface area (TPSA) is 72.9 Å². The van der Waals surface area contributed by atoms with Crippen LogP contribution in [0.4, 0.5) is 17.1 Å². The Hall–Kier alpha value is -3.45. The van der Waals surface area contributed by atoms with E-state index in [9.17, 15) is 10.1 Å². The number of nitro groups is 1. The lowest BCUT2D eigenvalue weighted by molar-refractivity contribution is -0.384. The minimum Gasteiger partial charge on any atom is -0.378 e. The molecule has 0 saturated carbocycles. The Kier molecular flexibility index (Phi) is 5.16. The van der Waals surface area contributed by atoms with Gasteiger partial charge in [-0.1, -0.05) is 0 Å². The molecular weight excluding hydrogens is 356 g/mol. The second-order valence-corrected chi connectivity index (χ2v) is 6.45. The summed E-state index contributed by atoms with van der Waals surface area (Å²) >= 11 is 0. The van der Waals surface area contributed by atoms with E-state index >= 15 is 0 Å². The van der Waals surface area contributed by atoms with E-state index in [1.807, 2.05) is 35.0 Å². The molecule has 0 unspecified atom stereocenters. The van der Waals surface area contributed by atoms with Crippen molar-refractivity contribution in [3.63, 3.8) is 0 Å². The fourth-order valence-corrected chi connectivity index (χ4v) is 3.18. The molecule has 7 heteroatoms. The molecule has 0 bridgehead atoms. The summed E-state index contributed by atoms with van der Waals surface area (Å²) in [6.45, 7) is 3.34. The average molecular weight is 376 g/mol. The number of rotatable bonds is 5. The van der Waals surface area contributed by atoms with Crippen LogP contribution in [0.1, 0.15) is 5.69 Å². The summed E-state index contributed by atoms with van der Waals surface area (Å²) in [4.78, 5) is 17.3. The quantitative estimate of drug-likeness (QED) is 0.384. The van der Waals surface area contributed by atoms with E-state index < -0.39 is 4.92 Å². The third kappa shape index (κ3) is 3.94. The van der Waals surface area contributed by atoms with Gasteiger partial charge >= 0.3 is 0 Å². The number of morpholine rings is 1. The normalized spacial score (nSPS) is 14.5. The minimum absolute atomic E-state index is 0.0754. The van der Waals surface area contributed by atoms with E-state index in [-0.39, 0.29) is 5.69 Å². The van der Waals surface area contributed by atoms with Crippen LogP contribution in [0, 0.1) is 10.1 Å². The standard InChI is InChI=1S/C21H20N4O3/c26-25(27)20-9-7-19(8-10-20)24-11-1-2-21(24)16-22-17-3-5-18(6-4-17)23-12-14-28-15-13-23/h1-11,16H,12-15H2. The molecule has 1 aliphatic heterocycles. The summed E-state index contributed by atoms with van der Waals surface area (Å²) in [6, 6.07) is 18.5. The van der Waals surface area contributed by atoms with Crippen LogP contribution in [0.3, 0.4) is 0 Å². The molecule has 1 aromatic heterocycles. The molecule has 1 fully saturated rings. The van der Waals surface area contributed by atoms with Crippen LogP contribution >= 0.6 is 0 Å². The van der Waals surface area contributed by atoms with Gasteiger partial charge in [0, 0.05) is 42.8 Å². The molecule has 0 spiro atoms. The number of non-ortho nitro benzene ring substituents is 1. The highest BCUT2D eigenvalue weighted by molar-refractivity contribution is 5.81. The molecule has 3 aromatic rings. The molecule has 2 heterocycles. The molecule has 4 rings (SSSR count). The molecule has 7 nitrogen and oxygen atoms in total. The van der Waals surface area contributed by atoms with Gasteiger partial charge in [0.1, 0.15) is 0 Å². The zero-order valence-electron chi connectivity index (χ0n) is 15.3. The average Bonchev–Trinajstić information content (AvgIpc) is 3.22. The van der Waals surface area contributed by atoms with Gasteiger partial charge in [-0.25, -0.2) is 0 Å².